The number of nitrogens with zero attached hydrogens (tertiary/aromatic N) is 1. The molecule has 0 aliphatic heterocycles. The number of nitrogens with one attached hydrogen (secondary N) is 1. The predicted molar refractivity (Wildman–Crippen MR) is 129 cm³/mol. The molecule has 0 aliphatic rings. The lowest BCUT2D eigenvalue weighted by molar-refractivity contribution is -0.114. The molecule has 1 amide bonds. The second kappa shape index (κ2) is 9.96. The number of halogens is 2. The lowest BCUT2D eigenvalue weighted by atomic mass is 10.2. The fourth-order valence-electron chi connectivity index (χ4n) is 2.86. The van der Waals surface area contributed by atoms with Crippen molar-refractivity contribution in [3.63, 3.8) is 0 Å². The van der Waals surface area contributed by atoms with Crippen LogP contribution in [-0.4, -0.2) is 27.1 Å². The van der Waals surface area contributed by atoms with Crippen LogP contribution in [0.4, 0.5) is 11.4 Å². The van der Waals surface area contributed by atoms with Crippen molar-refractivity contribution in [2.24, 2.45) is 0 Å². The molecule has 3 rings (SSSR count). The monoisotopic (exact) mass is 494 g/mol. The molecule has 31 heavy (non-hydrogen) atoms. The van der Waals surface area contributed by atoms with Gasteiger partial charge in [0.25, 0.3) is 10.0 Å². The smallest absolute Gasteiger partial charge is 0.264 e. The van der Waals surface area contributed by atoms with Gasteiger partial charge in [0.2, 0.25) is 5.91 Å². The normalized spacial score (nSPS) is 11.2. The highest BCUT2D eigenvalue weighted by Gasteiger charge is 2.27. The zero-order valence-electron chi connectivity index (χ0n) is 16.8. The van der Waals surface area contributed by atoms with E-state index < -0.39 is 22.5 Å². The van der Waals surface area contributed by atoms with Crippen LogP contribution in [0.5, 0.6) is 0 Å². The Morgan fingerprint density at radius 3 is 2.10 bits per heavy atom. The predicted octanol–water partition coefficient (Wildman–Crippen LogP) is 5.86. The van der Waals surface area contributed by atoms with E-state index in [1.165, 1.54) is 36.0 Å². The van der Waals surface area contributed by atoms with E-state index in [1.54, 1.807) is 42.5 Å². The van der Waals surface area contributed by atoms with E-state index in [-0.39, 0.29) is 4.90 Å². The van der Waals surface area contributed by atoms with E-state index in [9.17, 15) is 13.2 Å². The number of benzene rings is 3. The maximum Gasteiger partial charge on any atom is 0.264 e. The van der Waals surface area contributed by atoms with Gasteiger partial charge < -0.3 is 5.32 Å². The van der Waals surface area contributed by atoms with Gasteiger partial charge in [0, 0.05) is 20.6 Å². The van der Waals surface area contributed by atoms with Gasteiger partial charge in [-0.1, -0.05) is 40.9 Å². The molecule has 0 radical (unpaired) electrons. The zero-order valence-corrected chi connectivity index (χ0v) is 19.9. The van der Waals surface area contributed by atoms with Crippen molar-refractivity contribution in [3.8, 4) is 0 Å². The lowest BCUT2D eigenvalue weighted by Gasteiger charge is -2.24. The molecule has 0 aliphatic carbocycles. The number of thioether (sulfide) groups is 1. The minimum Gasteiger partial charge on any atom is -0.324 e. The fourth-order valence-corrected chi connectivity index (χ4v) is 5.21. The molecule has 0 bridgehead atoms. The molecular weight excluding hydrogens is 475 g/mol. The van der Waals surface area contributed by atoms with Gasteiger partial charge in [0.1, 0.15) is 6.54 Å². The zero-order chi connectivity index (χ0) is 22.6. The summed E-state index contributed by atoms with van der Waals surface area (Å²) in [5.74, 6) is -0.525. The molecule has 3 aromatic rings. The molecular formula is C22H20Cl2N2O3S2. The van der Waals surface area contributed by atoms with Crippen molar-refractivity contribution in [2.45, 2.75) is 16.7 Å². The van der Waals surface area contributed by atoms with Crippen LogP contribution in [0.2, 0.25) is 10.0 Å². The van der Waals surface area contributed by atoms with Crippen LogP contribution >= 0.6 is 35.0 Å². The third-order valence-corrected chi connectivity index (χ3v) is 7.37. The number of carbonyl (C=O) groups excluding carboxylic acids is 1. The number of hydrogen-bond donors (Lipinski definition) is 1. The fraction of sp³-hybridized carbons (Fsp3) is 0.136. The van der Waals surface area contributed by atoms with E-state index in [0.29, 0.717) is 21.4 Å². The SMILES string of the molecule is CSc1ccc(S(=O)(=O)N(CC(=O)Nc2cc(Cl)cc(Cl)c2)c2ccc(C)cc2)cc1. The van der Waals surface area contributed by atoms with Crippen LogP contribution in [0.1, 0.15) is 5.56 Å². The number of sulfonamides is 1. The number of carbonyl (C=O) groups is 1. The van der Waals surface area contributed by atoms with Gasteiger partial charge in [-0.05, 0) is 67.8 Å². The Kier molecular flexibility index (Phi) is 7.54. The first kappa shape index (κ1) is 23.5. The summed E-state index contributed by atoms with van der Waals surface area (Å²) in [4.78, 5) is 13.8. The van der Waals surface area contributed by atoms with Gasteiger partial charge in [-0.15, -0.1) is 11.8 Å². The van der Waals surface area contributed by atoms with Crippen LogP contribution in [0.25, 0.3) is 0 Å². The Morgan fingerprint density at radius 1 is 0.968 bits per heavy atom. The summed E-state index contributed by atoms with van der Waals surface area (Å²) in [5.41, 5.74) is 1.75. The van der Waals surface area contributed by atoms with Crippen molar-refractivity contribution < 1.29 is 13.2 Å². The van der Waals surface area contributed by atoms with Gasteiger partial charge in [0.15, 0.2) is 0 Å². The Hall–Kier alpha value is -2.19. The van der Waals surface area contributed by atoms with E-state index in [4.69, 9.17) is 23.2 Å². The van der Waals surface area contributed by atoms with Gasteiger partial charge in [-0.2, -0.15) is 0 Å². The van der Waals surface area contributed by atoms with Crippen molar-refractivity contribution in [2.75, 3.05) is 22.4 Å². The number of aryl methyl sites for hydroxylation is 1. The average Bonchev–Trinajstić information content (AvgIpc) is 2.72. The molecule has 1 N–H and O–H groups in total. The molecule has 0 atom stereocenters. The van der Waals surface area contributed by atoms with E-state index in [2.05, 4.69) is 5.32 Å². The Labute approximate surface area is 196 Å². The minimum atomic E-state index is -3.98. The maximum atomic E-state index is 13.4. The molecule has 3 aromatic carbocycles. The average molecular weight is 495 g/mol. The van der Waals surface area contributed by atoms with E-state index >= 15 is 0 Å². The quantitative estimate of drug-likeness (QED) is 0.417. The Morgan fingerprint density at radius 2 is 1.55 bits per heavy atom. The highest BCUT2D eigenvalue weighted by Crippen LogP contribution is 2.27. The largest absolute Gasteiger partial charge is 0.324 e. The molecule has 0 saturated heterocycles. The minimum absolute atomic E-state index is 0.101. The molecule has 5 nitrogen and oxygen atoms in total. The van der Waals surface area contributed by atoms with Gasteiger partial charge in [-0.3, -0.25) is 9.10 Å². The molecule has 0 spiro atoms. The first-order chi connectivity index (χ1) is 14.7. The van der Waals surface area contributed by atoms with Crippen LogP contribution in [0.15, 0.2) is 76.5 Å². The summed E-state index contributed by atoms with van der Waals surface area (Å²) in [7, 11) is -3.98. The van der Waals surface area contributed by atoms with Crippen molar-refractivity contribution in [1.29, 1.82) is 0 Å². The van der Waals surface area contributed by atoms with Crippen molar-refractivity contribution in [3.05, 3.63) is 82.3 Å². The summed E-state index contributed by atoms with van der Waals surface area (Å²) < 4.78 is 27.9. The Bertz CT molecular complexity index is 1160. The molecule has 162 valence electrons. The molecule has 0 unspecified atom stereocenters. The number of amides is 1. The maximum absolute atomic E-state index is 13.4. The second-order valence-electron chi connectivity index (χ2n) is 6.73. The number of anilines is 2. The molecule has 9 heteroatoms. The van der Waals surface area contributed by atoms with Gasteiger partial charge in [0.05, 0.1) is 10.6 Å². The second-order valence-corrected chi connectivity index (χ2v) is 10.3. The van der Waals surface area contributed by atoms with Crippen LogP contribution < -0.4 is 9.62 Å². The number of hydrogen-bond acceptors (Lipinski definition) is 4. The summed E-state index contributed by atoms with van der Waals surface area (Å²) in [6.45, 7) is 1.49. The first-order valence-corrected chi connectivity index (χ1v) is 12.6. The standard InChI is InChI=1S/C22H20Cl2N2O3S2/c1-15-3-5-19(6-4-15)26(31(28,29)21-9-7-20(30-2)8-10-21)14-22(27)25-18-12-16(23)11-17(24)13-18/h3-13H,14H2,1-2H3,(H,25,27). The van der Waals surface area contributed by atoms with Crippen molar-refractivity contribution in [1.82, 2.24) is 0 Å². The molecule has 0 fully saturated rings. The van der Waals surface area contributed by atoms with Crippen LogP contribution in [0.3, 0.4) is 0 Å². The molecule has 0 saturated carbocycles. The third-order valence-electron chi connectivity index (χ3n) is 4.40. The van der Waals surface area contributed by atoms with Gasteiger partial charge >= 0.3 is 0 Å². The summed E-state index contributed by atoms with van der Waals surface area (Å²) in [6.07, 6.45) is 1.91. The van der Waals surface area contributed by atoms with Crippen molar-refractivity contribution >= 4 is 62.3 Å². The summed E-state index contributed by atoms with van der Waals surface area (Å²) in [6, 6.07) is 18.1. The highest BCUT2D eigenvalue weighted by molar-refractivity contribution is 7.98. The van der Waals surface area contributed by atoms with Crippen LogP contribution in [0, 0.1) is 6.92 Å². The molecule has 0 heterocycles. The van der Waals surface area contributed by atoms with Gasteiger partial charge in [-0.25, -0.2) is 8.42 Å². The van der Waals surface area contributed by atoms with Crippen LogP contribution in [-0.2, 0) is 14.8 Å². The highest BCUT2D eigenvalue weighted by atomic mass is 35.5. The third kappa shape index (κ3) is 5.95. The topological polar surface area (TPSA) is 66.5 Å². The van der Waals surface area contributed by atoms with E-state index in [0.717, 1.165) is 14.8 Å². The summed E-state index contributed by atoms with van der Waals surface area (Å²) >= 11 is 13.5. The first-order valence-electron chi connectivity index (χ1n) is 9.18. The molecule has 0 aromatic heterocycles. The number of rotatable bonds is 7. The van der Waals surface area contributed by atoms with E-state index in [1.807, 2.05) is 13.2 Å². The lowest BCUT2D eigenvalue weighted by Crippen LogP contribution is -2.38. The summed E-state index contributed by atoms with van der Waals surface area (Å²) in [5, 5.41) is 3.38. The Balaban J connectivity index is 1.94.